The molecule has 3 heterocycles. The molecule has 4 nitrogen and oxygen atoms in total. The van der Waals surface area contributed by atoms with Crippen LogP contribution in [-0.2, 0) is 0 Å². The molecule has 136 valence electrons. The number of rotatable bonds is 4. The Morgan fingerprint density at radius 3 is 2.67 bits per heavy atom. The molecule has 3 aromatic rings. The second-order valence-corrected chi connectivity index (χ2v) is 7.02. The van der Waals surface area contributed by atoms with Gasteiger partial charge in [-0.1, -0.05) is 36.4 Å². The fraction of sp³-hybridized carbons (Fsp3) is 0.217. The lowest BCUT2D eigenvalue weighted by atomic mass is 10.0. The highest BCUT2D eigenvalue weighted by Crippen LogP contribution is 2.28. The van der Waals surface area contributed by atoms with Gasteiger partial charge in [0.05, 0.1) is 11.7 Å². The van der Waals surface area contributed by atoms with Crippen molar-refractivity contribution >= 4 is 5.57 Å². The lowest BCUT2D eigenvalue weighted by Gasteiger charge is -2.31. The first kappa shape index (κ1) is 17.3. The number of imidazole rings is 1. The maximum Gasteiger partial charge on any atom is 0.156 e. The molecule has 1 aliphatic heterocycles. The SMILES string of the molecule is Cc1nc(-c2cc(C3=CC=CN([C@@H](C)c4ccccc4)C3)ccn2)[nH]c1C. The number of hydrogen-bond donors (Lipinski definition) is 1. The Labute approximate surface area is 160 Å². The summed E-state index contributed by atoms with van der Waals surface area (Å²) in [6, 6.07) is 15.1. The Balaban J connectivity index is 1.58. The molecular weight excluding hydrogens is 332 g/mol. The van der Waals surface area contributed by atoms with Gasteiger partial charge >= 0.3 is 0 Å². The molecule has 2 aromatic heterocycles. The van der Waals surface area contributed by atoms with E-state index in [4.69, 9.17) is 0 Å². The molecule has 1 atom stereocenters. The van der Waals surface area contributed by atoms with E-state index < -0.39 is 0 Å². The number of nitrogens with zero attached hydrogens (tertiary/aromatic N) is 3. The van der Waals surface area contributed by atoms with Gasteiger partial charge in [0.2, 0.25) is 0 Å². The zero-order chi connectivity index (χ0) is 18.8. The van der Waals surface area contributed by atoms with Gasteiger partial charge in [-0.25, -0.2) is 4.98 Å². The van der Waals surface area contributed by atoms with Gasteiger partial charge in [-0.3, -0.25) is 4.98 Å². The topological polar surface area (TPSA) is 44.8 Å². The fourth-order valence-corrected chi connectivity index (χ4v) is 3.38. The van der Waals surface area contributed by atoms with Gasteiger partial charge in [0.1, 0.15) is 5.69 Å². The molecule has 1 aromatic carbocycles. The number of aromatic amines is 1. The monoisotopic (exact) mass is 356 g/mol. The minimum absolute atomic E-state index is 0.322. The van der Waals surface area contributed by atoms with Crippen molar-refractivity contribution in [2.24, 2.45) is 0 Å². The molecule has 1 N–H and O–H groups in total. The quantitative estimate of drug-likeness (QED) is 0.710. The summed E-state index contributed by atoms with van der Waals surface area (Å²) in [5.74, 6) is 0.827. The standard InChI is InChI=1S/C23H24N4/c1-16-17(2)26-23(25-16)22-14-20(11-12-24-22)21-10-7-13-27(15-21)18(3)19-8-5-4-6-9-19/h4-14,18H,15H2,1-3H3,(H,25,26)/t18-/m0/s1. The average molecular weight is 356 g/mol. The van der Waals surface area contributed by atoms with E-state index in [9.17, 15) is 0 Å². The van der Waals surface area contributed by atoms with Gasteiger partial charge in [-0.2, -0.15) is 0 Å². The van der Waals surface area contributed by atoms with Crippen molar-refractivity contribution < 1.29 is 0 Å². The number of allylic oxidation sites excluding steroid dienone is 2. The van der Waals surface area contributed by atoms with Crippen molar-refractivity contribution in [3.63, 3.8) is 0 Å². The Morgan fingerprint density at radius 2 is 1.93 bits per heavy atom. The van der Waals surface area contributed by atoms with Crippen LogP contribution in [0.1, 0.15) is 35.5 Å². The summed E-state index contributed by atoms with van der Waals surface area (Å²) >= 11 is 0. The van der Waals surface area contributed by atoms with Gasteiger partial charge in [0.15, 0.2) is 5.82 Å². The Hall–Kier alpha value is -3.14. The van der Waals surface area contributed by atoms with Crippen LogP contribution in [-0.4, -0.2) is 26.4 Å². The Morgan fingerprint density at radius 1 is 1.11 bits per heavy atom. The molecule has 0 amide bonds. The summed E-state index contributed by atoms with van der Waals surface area (Å²) in [7, 11) is 0. The normalized spacial score (nSPS) is 14.9. The van der Waals surface area contributed by atoms with Crippen LogP contribution < -0.4 is 0 Å². The minimum Gasteiger partial charge on any atom is -0.366 e. The average Bonchev–Trinajstić information content (AvgIpc) is 3.07. The zero-order valence-electron chi connectivity index (χ0n) is 16.0. The third-order valence-electron chi connectivity index (χ3n) is 5.21. The molecule has 0 saturated heterocycles. The van der Waals surface area contributed by atoms with Crippen molar-refractivity contribution in [1.82, 2.24) is 19.9 Å². The molecule has 0 saturated carbocycles. The zero-order valence-corrected chi connectivity index (χ0v) is 16.0. The second-order valence-electron chi connectivity index (χ2n) is 7.02. The first-order valence-electron chi connectivity index (χ1n) is 9.30. The molecule has 0 unspecified atom stereocenters. The largest absolute Gasteiger partial charge is 0.366 e. The first-order valence-corrected chi connectivity index (χ1v) is 9.30. The minimum atomic E-state index is 0.322. The van der Waals surface area contributed by atoms with Crippen LogP contribution >= 0.6 is 0 Å². The van der Waals surface area contributed by atoms with Crippen molar-refractivity contribution in [1.29, 1.82) is 0 Å². The van der Waals surface area contributed by atoms with Crippen molar-refractivity contribution in [2.75, 3.05) is 6.54 Å². The summed E-state index contributed by atoms with van der Waals surface area (Å²) in [6.07, 6.45) is 8.34. The molecular formula is C23H24N4. The van der Waals surface area contributed by atoms with E-state index in [1.54, 1.807) is 0 Å². The van der Waals surface area contributed by atoms with Crippen LogP contribution in [0.25, 0.3) is 17.1 Å². The smallest absolute Gasteiger partial charge is 0.156 e. The third-order valence-corrected chi connectivity index (χ3v) is 5.21. The molecule has 0 aliphatic carbocycles. The lowest BCUT2D eigenvalue weighted by molar-refractivity contribution is 0.330. The molecule has 1 aliphatic rings. The van der Waals surface area contributed by atoms with Gasteiger partial charge in [0, 0.05) is 18.4 Å². The van der Waals surface area contributed by atoms with Gasteiger partial charge in [-0.15, -0.1) is 0 Å². The van der Waals surface area contributed by atoms with Crippen molar-refractivity contribution in [3.05, 3.63) is 89.5 Å². The maximum atomic E-state index is 4.59. The third kappa shape index (κ3) is 3.56. The molecule has 0 fully saturated rings. The number of aryl methyl sites for hydroxylation is 2. The van der Waals surface area contributed by atoms with Crippen molar-refractivity contribution in [3.8, 4) is 11.5 Å². The van der Waals surface area contributed by atoms with E-state index >= 15 is 0 Å². The lowest BCUT2D eigenvalue weighted by Crippen LogP contribution is -2.25. The van der Waals surface area contributed by atoms with Crippen LogP contribution in [0.4, 0.5) is 0 Å². The molecule has 4 heteroatoms. The number of benzene rings is 1. The Kier molecular flexibility index (Phi) is 4.63. The second kappa shape index (κ2) is 7.23. The summed E-state index contributed by atoms with van der Waals surface area (Å²) in [5, 5.41) is 0. The number of hydrogen-bond acceptors (Lipinski definition) is 3. The van der Waals surface area contributed by atoms with E-state index in [0.717, 1.165) is 29.5 Å². The number of pyridine rings is 1. The van der Waals surface area contributed by atoms with E-state index in [2.05, 4.69) is 87.6 Å². The fourth-order valence-electron chi connectivity index (χ4n) is 3.38. The molecule has 0 bridgehead atoms. The van der Waals surface area contributed by atoms with Gasteiger partial charge in [-0.05, 0) is 61.9 Å². The first-order chi connectivity index (χ1) is 13.1. The van der Waals surface area contributed by atoms with Crippen LogP contribution in [0.2, 0.25) is 0 Å². The van der Waals surface area contributed by atoms with Crippen LogP contribution in [0.3, 0.4) is 0 Å². The summed E-state index contributed by atoms with van der Waals surface area (Å²) in [6.45, 7) is 7.16. The number of H-pyrrole nitrogens is 1. The van der Waals surface area contributed by atoms with Crippen LogP contribution in [0.15, 0.2) is 67.0 Å². The summed E-state index contributed by atoms with van der Waals surface area (Å²) < 4.78 is 0. The molecule has 27 heavy (non-hydrogen) atoms. The van der Waals surface area contributed by atoms with Crippen LogP contribution in [0.5, 0.6) is 0 Å². The predicted octanol–water partition coefficient (Wildman–Crippen LogP) is 5.06. The van der Waals surface area contributed by atoms with Gasteiger partial charge in [0.25, 0.3) is 0 Å². The van der Waals surface area contributed by atoms with Crippen LogP contribution in [0, 0.1) is 13.8 Å². The highest BCUT2D eigenvalue weighted by molar-refractivity contribution is 5.72. The van der Waals surface area contributed by atoms with Crippen molar-refractivity contribution in [2.45, 2.75) is 26.8 Å². The molecule has 0 spiro atoms. The van der Waals surface area contributed by atoms with E-state index in [0.29, 0.717) is 6.04 Å². The summed E-state index contributed by atoms with van der Waals surface area (Å²) in [4.78, 5) is 14.8. The van der Waals surface area contributed by atoms with E-state index in [1.807, 2.05) is 20.0 Å². The Bertz CT molecular complexity index is 979. The van der Waals surface area contributed by atoms with Gasteiger partial charge < -0.3 is 9.88 Å². The highest BCUT2D eigenvalue weighted by Gasteiger charge is 2.17. The number of nitrogens with one attached hydrogen (secondary N) is 1. The summed E-state index contributed by atoms with van der Waals surface area (Å²) in [5.41, 5.74) is 6.76. The molecule has 0 radical (unpaired) electrons. The molecule has 4 rings (SSSR count). The predicted molar refractivity (Wildman–Crippen MR) is 110 cm³/mol. The van der Waals surface area contributed by atoms with E-state index in [1.165, 1.54) is 16.7 Å². The van der Waals surface area contributed by atoms with E-state index in [-0.39, 0.29) is 0 Å². The maximum absolute atomic E-state index is 4.59. The highest BCUT2D eigenvalue weighted by atomic mass is 15.1. The number of aromatic nitrogens is 3.